The van der Waals surface area contributed by atoms with Gasteiger partial charge in [-0.05, 0) is 37.8 Å². The van der Waals surface area contributed by atoms with Crippen LogP contribution in [0.5, 0.6) is 0 Å². The fraction of sp³-hybridized carbons (Fsp3) is 0.400. The first-order chi connectivity index (χ1) is 9.13. The summed E-state index contributed by atoms with van der Waals surface area (Å²) in [5, 5.41) is 15.4. The predicted octanol–water partition coefficient (Wildman–Crippen LogP) is 2.65. The fourth-order valence-electron chi connectivity index (χ4n) is 1.86. The molecule has 4 heteroatoms. The Labute approximate surface area is 117 Å². The van der Waals surface area contributed by atoms with E-state index >= 15 is 0 Å². The second-order valence-electron chi connectivity index (χ2n) is 4.49. The molecule has 0 saturated heterocycles. The maximum Gasteiger partial charge on any atom is 0.0768 e. The maximum atomic E-state index is 8.76. The van der Waals surface area contributed by atoms with Crippen molar-refractivity contribution in [1.29, 1.82) is 0 Å². The smallest absolute Gasteiger partial charge is 0.0768 e. The van der Waals surface area contributed by atoms with Gasteiger partial charge in [0.1, 0.15) is 0 Å². The minimum absolute atomic E-state index is 0.114. The molecular formula is C15H18N2OS. The predicted molar refractivity (Wildman–Crippen MR) is 78.4 cm³/mol. The molecule has 3 nitrogen and oxygen atoms in total. The summed E-state index contributed by atoms with van der Waals surface area (Å²) < 4.78 is 2.04. The summed E-state index contributed by atoms with van der Waals surface area (Å²) in [6, 6.07) is 2.03. The number of nitrogens with zero attached hydrogens (tertiary/aromatic N) is 2. The van der Waals surface area contributed by atoms with Crippen molar-refractivity contribution in [2.75, 3.05) is 6.61 Å². The molecule has 0 aromatic carbocycles. The molecule has 100 valence electrons. The molecule has 0 amide bonds. The number of aliphatic hydroxyl groups is 1. The van der Waals surface area contributed by atoms with Crippen LogP contribution in [0.4, 0.5) is 0 Å². The van der Waals surface area contributed by atoms with E-state index in [1.54, 1.807) is 11.3 Å². The molecule has 2 heterocycles. The first-order valence-electron chi connectivity index (χ1n) is 6.30. The lowest BCUT2D eigenvalue weighted by atomic mass is 10.2. The molecule has 0 aliphatic carbocycles. The van der Waals surface area contributed by atoms with Crippen LogP contribution in [0.15, 0.2) is 11.4 Å². The molecule has 0 radical (unpaired) electrons. The van der Waals surface area contributed by atoms with Gasteiger partial charge in [0.15, 0.2) is 0 Å². The highest BCUT2D eigenvalue weighted by Crippen LogP contribution is 2.19. The van der Waals surface area contributed by atoms with Gasteiger partial charge in [-0.15, -0.1) is 11.3 Å². The number of aryl methyl sites for hydroxylation is 1. The first-order valence-corrected chi connectivity index (χ1v) is 7.18. The van der Waals surface area contributed by atoms with E-state index in [9.17, 15) is 0 Å². The van der Waals surface area contributed by atoms with Crippen LogP contribution in [-0.2, 0) is 6.54 Å². The van der Waals surface area contributed by atoms with Crippen molar-refractivity contribution in [3.63, 3.8) is 0 Å². The van der Waals surface area contributed by atoms with Gasteiger partial charge in [-0.2, -0.15) is 5.10 Å². The number of hydrogen-bond acceptors (Lipinski definition) is 3. The highest BCUT2D eigenvalue weighted by molar-refractivity contribution is 7.10. The molecule has 0 aliphatic rings. The molecule has 0 aliphatic heterocycles. The number of rotatable bonds is 3. The van der Waals surface area contributed by atoms with Gasteiger partial charge >= 0.3 is 0 Å². The molecule has 19 heavy (non-hydrogen) atoms. The van der Waals surface area contributed by atoms with E-state index in [4.69, 9.17) is 5.11 Å². The number of hydrogen-bond donors (Lipinski definition) is 1. The van der Waals surface area contributed by atoms with Crippen molar-refractivity contribution >= 4 is 11.3 Å². The highest BCUT2D eigenvalue weighted by Gasteiger charge is 2.10. The minimum Gasteiger partial charge on any atom is -0.395 e. The molecule has 0 atom stereocenters. The molecule has 2 rings (SSSR count). The van der Waals surface area contributed by atoms with Gasteiger partial charge < -0.3 is 5.11 Å². The third kappa shape index (κ3) is 3.06. The number of thiophene rings is 1. The van der Waals surface area contributed by atoms with E-state index in [0.29, 0.717) is 6.42 Å². The van der Waals surface area contributed by atoms with Gasteiger partial charge in [0.25, 0.3) is 0 Å². The summed E-state index contributed by atoms with van der Waals surface area (Å²) in [5.74, 6) is 6.09. The van der Waals surface area contributed by atoms with Crippen molar-refractivity contribution in [2.24, 2.45) is 0 Å². The molecule has 2 aromatic heterocycles. The van der Waals surface area contributed by atoms with E-state index in [0.717, 1.165) is 17.8 Å². The van der Waals surface area contributed by atoms with Gasteiger partial charge in [0.05, 0.1) is 18.8 Å². The van der Waals surface area contributed by atoms with Crippen LogP contribution < -0.4 is 0 Å². The van der Waals surface area contributed by atoms with E-state index in [1.165, 1.54) is 16.1 Å². The Bertz CT molecular complexity index is 628. The molecule has 0 saturated carbocycles. The molecule has 0 bridgehead atoms. The highest BCUT2D eigenvalue weighted by atomic mass is 32.1. The van der Waals surface area contributed by atoms with Crippen molar-refractivity contribution in [3.05, 3.63) is 38.8 Å². The average Bonchev–Trinajstić information content (AvgIpc) is 2.92. The molecule has 0 fully saturated rings. The van der Waals surface area contributed by atoms with E-state index < -0.39 is 0 Å². The Morgan fingerprint density at radius 2 is 2.16 bits per heavy atom. The SMILES string of the molecule is Cc1nn(Cc2sccc2C#CCCO)c(C)c1C. The Kier molecular flexibility index (Phi) is 4.41. The summed E-state index contributed by atoms with van der Waals surface area (Å²) >= 11 is 1.70. The lowest BCUT2D eigenvalue weighted by Crippen LogP contribution is -2.03. The zero-order valence-electron chi connectivity index (χ0n) is 11.5. The molecule has 0 unspecified atom stereocenters. The van der Waals surface area contributed by atoms with Crippen LogP contribution in [0, 0.1) is 32.6 Å². The quantitative estimate of drug-likeness (QED) is 0.874. The summed E-state index contributed by atoms with van der Waals surface area (Å²) in [4.78, 5) is 1.22. The van der Waals surface area contributed by atoms with Crippen LogP contribution in [0.2, 0.25) is 0 Å². The average molecular weight is 274 g/mol. The Morgan fingerprint density at radius 3 is 2.79 bits per heavy atom. The van der Waals surface area contributed by atoms with Crippen LogP contribution in [-0.4, -0.2) is 21.5 Å². The van der Waals surface area contributed by atoms with Crippen molar-refractivity contribution in [2.45, 2.75) is 33.7 Å². The van der Waals surface area contributed by atoms with Crippen LogP contribution >= 0.6 is 11.3 Å². The standard InChI is InChI=1S/C15H18N2OS/c1-11-12(2)16-17(13(11)3)10-15-14(7-9-19-15)6-4-5-8-18/h7,9,18H,5,8,10H2,1-3H3. The lowest BCUT2D eigenvalue weighted by molar-refractivity contribution is 0.305. The number of aromatic nitrogens is 2. The second kappa shape index (κ2) is 6.05. The lowest BCUT2D eigenvalue weighted by Gasteiger charge is -2.03. The summed E-state index contributed by atoms with van der Waals surface area (Å²) in [6.45, 7) is 7.12. The van der Waals surface area contributed by atoms with Gasteiger partial charge in [-0.1, -0.05) is 11.8 Å². The third-order valence-corrected chi connectivity index (χ3v) is 4.15. The first kappa shape index (κ1) is 13.9. The van der Waals surface area contributed by atoms with E-state index in [2.05, 4.69) is 36.2 Å². The van der Waals surface area contributed by atoms with Crippen molar-refractivity contribution in [3.8, 4) is 11.8 Å². The Morgan fingerprint density at radius 1 is 1.37 bits per heavy atom. The van der Waals surface area contributed by atoms with Crippen molar-refractivity contribution < 1.29 is 5.11 Å². The summed E-state index contributed by atoms with van der Waals surface area (Å²) in [6.07, 6.45) is 0.522. The van der Waals surface area contributed by atoms with Gasteiger partial charge in [-0.25, -0.2) is 0 Å². The second-order valence-corrected chi connectivity index (χ2v) is 5.49. The molecule has 1 N–H and O–H groups in total. The topological polar surface area (TPSA) is 38.0 Å². The number of aliphatic hydroxyl groups excluding tert-OH is 1. The maximum absolute atomic E-state index is 8.76. The van der Waals surface area contributed by atoms with Gasteiger partial charge in [-0.3, -0.25) is 4.68 Å². The normalized spacial score (nSPS) is 10.3. The van der Waals surface area contributed by atoms with Gasteiger partial charge in [0.2, 0.25) is 0 Å². The Hall–Kier alpha value is -1.57. The zero-order valence-corrected chi connectivity index (χ0v) is 12.3. The Balaban J connectivity index is 2.23. The largest absolute Gasteiger partial charge is 0.395 e. The zero-order chi connectivity index (χ0) is 13.8. The van der Waals surface area contributed by atoms with E-state index in [1.807, 2.05) is 17.7 Å². The van der Waals surface area contributed by atoms with E-state index in [-0.39, 0.29) is 6.61 Å². The van der Waals surface area contributed by atoms with Gasteiger partial charge in [0, 0.05) is 22.6 Å². The molecule has 0 spiro atoms. The third-order valence-electron chi connectivity index (χ3n) is 3.24. The van der Waals surface area contributed by atoms with Crippen molar-refractivity contribution in [1.82, 2.24) is 9.78 Å². The summed E-state index contributed by atoms with van der Waals surface area (Å²) in [7, 11) is 0. The van der Waals surface area contributed by atoms with Crippen LogP contribution in [0.1, 0.15) is 33.8 Å². The molecular weight excluding hydrogens is 256 g/mol. The minimum atomic E-state index is 0.114. The molecule has 2 aromatic rings. The fourth-order valence-corrected chi connectivity index (χ4v) is 2.68. The summed E-state index contributed by atoms with van der Waals surface area (Å²) in [5.41, 5.74) is 4.59. The van der Waals surface area contributed by atoms with Crippen LogP contribution in [0.3, 0.4) is 0 Å². The monoisotopic (exact) mass is 274 g/mol. The van der Waals surface area contributed by atoms with Crippen LogP contribution in [0.25, 0.3) is 0 Å².